The molecule has 3 N–H and O–H groups in total. The molecule has 0 bridgehead atoms. The van der Waals surface area contributed by atoms with Crippen molar-refractivity contribution in [3.63, 3.8) is 0 Å². The van der Waals surface area contributed by atoms with Gasteiger partial charge < -0.3 is 10.7 Å². The molecule has 3 nitrogen and oxygen atoms in total. The minimum absolute atomic E-state index is 0. The van der Waals surface area contributed by atoms with Gasteiger partial charge in [-0.15, -0.1) is 0 Å². The third kappa shape index (κ3) is 2.53. The van der Waals surface area contributed by atoms with Gasteiger partial charge >= 0.3 is 0 Å². The van der Waals surface area contributed by atoms with Crippen LogP contribution in [-0.2, 0) is 0 Å². The molecule has 0 aliphatic rings. The van der Waals surface area contributed by atoms with Crippen molar-refractivity contribution in [3.8, 4) is 0 Å². The fourth-order valence-corrected chi connectivity index (χ4v) is 0.875. The predicted octanol–water partition coefficient (Wildman–Crippen LogP) is 1.71. The standard InChI is InChI=1S/C8H8ClNO.H2O/c1-6(10-11)7-2-4-8(9)5-3-7;/h2-5,11H,1H3;1H2. The summed E-state index contributed by atoms with van der Waals surface area (Å²) in [7, 11) is 0. The van der Waals surface area contributed by atoms with Crippen LogP contribution in [0.1, 0.15) is 12.5 Å². The van der Waals surface area contributed by atoms with Crippen molar-refractivity contribution in [3.05, 3.63) is 34.9 Å². The van der Waals surface area contributed by atoms with Gasteiger partial charge in [0.15, 0.2) is 0 Å². The summed E-state index contributed by atoms with van der Waals surface area (Å²) in [5.74, 6) is 0. The van der Waals surface area contributed by atoms with E-state index in [1.54, 1.807) is 31.2 Å². The third-order valence-electron chi connectivity index (χ3n) is 1.41. The molecule has 12 heavy (non-hydrogen) atoms. The molecule has 1 aromatic rings. The van der Waals surface area contributed by atoms with E-state index in [0.29, 0.717) is 10.7 Å². The number of oxime groups is 1. The van der Waals surface area contributed by atoms with Crippen molar-refractivity contribution in [2.24, 2.45) is 5.16 Å². The van der Waals surface area contributed by atoms with Crippen LogP contribution in [0.4, 0.5) is 0 Å². The zero-order valence-corrected chi connectivity index (χ0v) is 7.34. The van der Waals surface area contributed by atoms with Gasteiger partial charge in [0.25, 0.3) is 0 Å². The Labute approximate surface area is 75.6 Å². The normalized spacial score (nSPS) is 10.7. The summed E-state index contributed by atoms with van der Waals surface area (Å²) in [4.78, 5) is 0. The molecule has 0 spiro atoms. The minimum Gasteiger partial charge on any atom is -0.412 e. The van der Waals surface area contributed by atoms with E-state index in [2.05, 4.69) is 5.16 Å². The average Bonchev–Trinajstić information content (AvgIpc) is 2.05. The molecule has 0 heterocycles. The van der Waals surface area contributed by atoms with E-state index in [1.807, 2.05) is 0 Å². The number of nitrogens with zero attached hydrogens (tertiary/aromatic N) is 1. The van der Waals surface area contributed by atoms with Crippen LogP contribution in [-0.4, -0.2) is 16.4 Å². The lowest BCUT2D eigenvalue weighted by molar-refractivity contribution is 0.319. The van der Waals surface area contributed by atoms with Crippen molar-refractivity contribution in [1.82, 2.24) is 0 Å². The molecule has 0 amide bonds. The summed E-state index contributed by atoms with van der Waals surface area (Å²) in [6.45, 7) is 1.73. The number of hydrogen-bond donors (Lipinski definition) is 1. The predicted molar refractivity (Wildman–Crippen MR) is 49.1 cm³/mol. The minimum atomic E-state index is 0. The summed E-state index contributed by atoms with van der Waals surface area (Å²) in [6.07, 6.45) is 0. The van der Waals surface area contributed by atoms with Crippen molar-refractivity contribution in [1.29, 1.82) is 0 Å². The quantitative estimate of drug-likeness (QED) is 0.406. The van der Waals surface area contributed by atoms with E-state index in [-0.39, 0.29) is 5.48 Å². The van der Waals surface area contributed by atoms with Crippen molar-refractivity contribution in [2.45, 2.75) is 6.92 Å². The van der Waals surface area contributed by atoms with Gasteiger partial charge in [-0.25, -0.2) is 0 Å². The fourth-order valence-electron chi connectivity index (χ4n) is 0.749. The maximum Gasteiger partial charge on any atom is 0.0836 e. The Balaban J connectivity index is 0.00000121. The van der Waals surface area contributed by atoms with E-state index in [4.69, 9.17) is 16.8 Å². The second-order valence-corrected chi connectivity index (χ2v) is 2.63. The first kappa shape index (κ1) is 10.9. The van der Waals surface area contributed by atoms with E-state index < -0.39 is 0 Å². The first-order valence-electron chi connectivity index (χ1n) is 3.18. The number of benzene rings is 1. The average molecular weight is 188 g/mol. The zero-order chi connectivity index (χ0) is 8.27. The van der Waals surface area contributed by atoms with Gasteiger partial charge in [-0.1, -0.05) is 28.9 Å². The molecule has 4 heteroatoms. The van der Waals surface area contributed by atoms with Crippen molar-refractivity contribution in [2.75, 3.05) is 0 Å². The molecule has 0 saturated carbocycles. The highest BCUT2D eigenvalue weighted by Gasteiger charge is 1.95. The van der Waals surface area contributed by atoms with Gasteiger partial charge in [-0.05, 0) is 24.6 Å². The summed E-state index contributed by atoms with van der Waals surface area (Å²) in [5.41, 5.74) is 1.46. The van der Waals surface area contributed by atoms with E-state index in [1.165, 1.54) is 0 Å². The largest absolute Gasteiger partial charge is 0.412 e. The first-order chi connectivity index (χ1) is 5.24. The molecule has 0 fully saturated rings. The SMILES string of the molecule is CC(=NO)c1ccc(Cl)cc1.O. The smallest absolute Gasteiger partial charge is 0.0836 e. The molecule has 0 radical (unpaired) electrons. The second-order valence-electron chi connectivity index (χ2n) is 2.19. The van der Waals surface area contributed by atoms with Crippen molar-refractivity contribution < 1.29 is 10.7 Å². The summed E-state index contributed by atoms with van der Waals surface area (Å²) < 4.78 is 0. The van der Waals surface area contributed by atoms with Crippen LogP contribution in [0.2, 0.25) is 5.02 Å². The molecule has 0 aromatic heterocycles. The lowest BCUT2D eigenvalue weighted by atomic mass is 10.1. The van der Waals surface area contributed by atoms with Crippen LogP contribution in [0.3, 0.4) is 0 Å². The summed E-state index contributed by atoms with van der Waals surface area (Å²) >= 11 is 5.66. The molecule has 1 aromatic carbocycles. The third-order valence-corrected chi connectivity index (χ3v) is 1.66. The van der Waals surface area contributed by atoms with Crippen molar-refractivity contribution >= 4 is 17.3 Å². The van der Waals surface area contributed by atoms with Gasteiger partial charge in [0.1, 0.15) is 0 Å². The van der Waals surface area contributed by atoms with E-state index >= 15 is 0 Å². The van der Waals surface area contributed by atoms with E-state index in [9.17, 15) is 0 Å². The van der Waals surface area contributed by atoms with Crippen LogP contribution in [0, 0.1) is 0 Å². The van der Waals surface area contributed by atoms with E-state index in [0.717, 1.165) is 5.56 Å². The Hall–Kier alpha value is -1.06. The van der Waals surface area contributed by atoms with Crippen LogP contribution in [0.15, 0.2) is 29.4 Å². The Kier molecular flexibility index (Phi) is 4.33. The maximum absolute atomic E-state index is 8.41. The molecule has 0 saturated heterocycles. The highest BCUT2D eigenvalue weighted by Crippen LogP contribution is 2.09. The number of halogens is 1. The molecular formula is C8H10ClNO2. The lowest BCUT2D eigenvalue weighted by Gasteiger charge is -1.96. The van der Waals surface area contributed by atoms with Gasteiger partial charge in [0.05, 0.1) is 5.71 Å². The number of hydrogen-bond acceptors (Lipinski definition) is 2. The maximum atomic E-state index is 8.41. The Morgan fingerprint density at radius 3 is 2.25 bits per heavy atom. The molecule has 0 aliphatic carbocycles. The van der Waals surface area contributed by atoms with Crippen LogP contribution in [0.25, 0.3) is 0 Å². The van der Waals surface area contributed by atoms with Gasteiger partial charge in [0, 0.05) is 5.02 Å². The summed E-state index contributed by atoms with van der Waals surface area (Å²) in [5, 5.41) is 12.2. The Morgan fingerprint density at radius 2 is 1.83 bits per heavy atom. The second kappa shape index (κ2) is 4.74. The molecular weight excluding hydrogens is 178 g/mol. The Bertz CT molecular complexity index is 269. The molecule has 0 aliphatic heterocycles. The highest BCUT2D eigenvalue weighted by atomic mass is 35.5. The van der Waals surface area contributed by atoms with Gasteiger partial charge in [-0.2, -0.15) is 0 Å². The topological polar surface area (TPSA) is 64.1 Å². The molecule has 1 rings (SSSR count). The molecule has 66 valence electrons. The zero-order valence-electron chi connectivity index (χ0n) is 6.58. The van der Waals surface area contributed by atoms with Crippen LogP contribution in [0.5, 0.6) is 0 Å². The number of rotatable bonds is 1. The van der Waals surface area contributed by atoms with Gasteiger partial charge in [0.2, 0.25) is 0 Å². The Morgan fingerprint density at radius 1 is 1.33 bits per heavy atom. The molecule has 0 atom stereocenters. The highest BCUT2D eigenvalue weighted by molar-refractivity contribution is 6.30. The van der Waals surface area contributed by atoms with Crippen LogP contribution >= 0.6 is 11.6 Å². The monoisotopic (exact) mass is 187 g/mol. The van der Waals surface area contributed by atoms with Crippen LogP contribution < -0.4 is 0 Å². The molecule has 0 unspecified atom stereocenters. The fraction of sp³-hybridized carbons (Fsp3) is 0.125. The lowest BCUT2D eigenvalue weighted by Crippen LogP contribution is -1.92. The van der Waals surface area contributed by atoms with Gasteiger partial charge in [-0.3, -0.25) is 0 Å². The summed E-state index contributed by atoms with van der Waals surface area (Å²) in [6, 6.07) is 7.12. The first-order valence-corrected chi connectivity index (χ1v) is 3.56.